The van der Waals surface area contributed by atoms with E-state index in [4.69, 9.17) is 16.6 Å². The normalized spacial score (nSPS) is 15.0. The molecule has 2 heterocycles. The van der Waals surface area contributed by atoms with E-state index in [2.05, 4.69) is 26.9 Å². The molecule has 1 saturated heterocycles. The van der Waals surface area contributed by atoms with E-state index in [1.807, 2.05) is 17.0 Å². The number of nitrogens with zero attached hydrogens (tertiary/aromatic N) is 3. The number of halogens is 2. The van der Waals surface area contributed by atoms with Crippen molar-refractivity contribution in [2.45, 2.75) is 0 Å². The van der Waals surface area contributed by atoms with E-state index in [0.717, 1.165) is 28.2 Å². The van der Waals surface area contributed by atoms with Crippen molar-refractivity contribution in [1.82, 2.24) is 9.88 Å². The zero-order valence-electron chi connectivity index (χ0n) is 13.3. The average Bonchev–Trinajstić information content (AvgIpc) is 3.05. The molecular weight excluding hydrogens is 422 g/mol. The van der Waals surface area contributed by atoms with Crippen LogP contribution in [0.1, 0.15) is 10.4 Å². The molecule has 128 valence electrons. The van der Waals surface area contributed by atoms with Crippen molar-refractivity contribution in [3.63, 3.8) is 0 Å². The molecule has 1 amide bonds. The summed E-state index contributed by atoms with van der Waals surface area (Å²) in [5.74, 6) is 0.0598. The van der Waals surface area contributed by atoms with Crippen LogP contribution < -0.4 is 4.90 Å². The zero-order chi connectivity index (χ0) is 17.4. The molecule has 0 spiro atoms. The van der Waals surface area contributed by atoms with Crippen LogP contribution in [0.4, 0.5) is 5.13 Å². The summed E-state index contributed by atoms with van der Waals surface area (Å²) in [5.41, 5.74) is 1.70. The van der Waals surface area contributed by atoms with Gasteiger partial charge in [0, 0.05) is 41.2 Å². The molecule has 0 bridgehead atoms. The van der Waals surface area contributed by atoms with Crippen molar-refractivity contribution in [1.29, 1.82) is 0 Å². The number of rotatable bonds is 2. The van der Waals surface area contributed by atoms with Gasteiger partial charge in [-0.1, -0.05) is 38.9 Å². The number of thiazole rings is 1. The van der Waals surface area contributed by atoms with E-state index in [0.29, 0.717) is 23.7 Å². The van der Waals surface area contributed by atoms with Gasteiger partial charge < -0.3 is 9.80 Å². The van der Waals surface area contributed by atoms with Crippen molar-refractivity contribution in [2.75, 3.05) is 31.1 Å². The molecule has 2 aromatic carbocycles. The maximum atomic E-state index is 12.6. The fourth-order valence-corrected chi connectivity index (χ4v) is 4.59. The number of carbonyl (C=O) groups excluding carboxylic acids is 1. The van der Waals surface area contributed by atoms with Crippen LogP contribution >= 0.6 is 38.9 Å². The van der Waals surface area contributed by atoms with E-state index in [9.17, 15) is 4.79 Å². The van der Waals surface area contributed by atoms with Crippen LogP contribution in [0.25, 0.3) is 10.2 Å². The standard InChI is InChI=1S/C18H15BrClN3OS/c19-13-3-6-15-16(11-13)25-18(21-15)23-9-7-22(8-10-23)17(24)12-1-4-14(20)5-2-12/h1-6,11H,7-10H2. The molecule has 3 aromatic rings. The number of anilines is 1. The highest BCUT2D eigenvalue weighted by Gasteiger charge is 2.23. The van der Waals surface area contributed by atoms with E-state index in [1.165, 1.54) is 4.70 Å². The predicted octanol–water partition coefficient (Wildman–Crippen LogP) is 4.67. The Morgan fingerprint density at radius 1 is 1.08 bits per heavy atom. The molecule has 1 fully saturated rings. The lowest BCUT2D eigenvalue weighted by Crippen LogP contribution is -2.48. The number of aromatic nitrogens is 1. The Hall–Kier alpha value is -1.63. The summed E-state index contributed by atoms with van der Waals surface area (Å²) in [4.78, 5) is 21.4. The van der Waals surface area contributed by atoms with Gasteiger partial charge in [0.1, 0.15) is 0 Å². The van der Waals surface area contributed by atoms with Gasteiger partial charge in [-0.25, -0.2) is 4.98 Å². The highest BCUT2D eigenvalue weighted by molar-refractivity contribution is 9.10. The topological polar surface area (TPSA) is 36.4 Å². The van der Waals surface area contributed by atoms with Gasteiger partial charge in [-0.15, -0.1) is 0 Å². The summed E-state index contributed by atoms with van der Waals surface area (Å²) < 4.78 is 2.23. The van der Waals surface area contributed by atoms with Gasteiger partial charge in [-0.3, -0.25) is 4.79 Å². The predicted molar refractivity (Wildman–Crippen MR) is 107 cm³/mol. The lowest BCUT2D eigenvalue weighted by atomic mass is 10.2. The van der Waals surface area contributed by atoms with Crippen LogP contribution in [0.3, 0.4) is 0 Å². The molecule has 0 radical (unpaired) electrons. The zero-order valence-corrected chi connectivity index (χ0v) is 16.4. The Bertz CT molecular complexity index is 920. The third-order valence-corrected chi connectivity index (χ3v) is 6.09. The number of fused-ring (bicyclic) bond motifs is 1. The first-order valence-electron chi connectivity index (χ1n) is 7.96. The number of hydrogen-bond acceptors (Lipinski definition) is 4. The summed E-state index contributed by atoms with van der Waals surface area (Å²) in [5, 5.41) is 1.66. The molecule has 25 heavy (non-hydrogen) atoms. The number of amides is 1. The Morgan fingerprint density at radius 2 is 1.80 bits per heavy atom. The van der Waals surface area contributed by atoms with Crippen LogP contribution in [0.2, 0.25) is 5.02 Å². The van der Waals surface area contributed by atoms with E-state index in [-0.39, 0.29) is 5.91 Å². The molecule has 4 rings (SSSR count). The Balaban J connectivity index is 1.45. The lowest BCUT2D eigenvalue weighted by Gasteiger charge is -2.34. The molecule has 0 aliphatic carbocycles. The quantitative estimate of drug-likeness (QED) is 0.585. The lowest BCUT2D eigenvalue weighted by molar-refractivity contribution is 0.0747. The molecule has 1 aliphatic heterocycles. The summed E-state index contributed by atoms with van der Waals surface area (Å²) >= 11 is 11.1. The van der Waals surface area contributed by atoms with E-state index in [1.54, 1.807) is 35.6 Å². The average molecular weight is 437 g/mol. The minimum Gasteiger partial charge on any atom is -0.345 e. The van der Waals surface area contributed by atoms with Crippen LogP contribution in [-0.4, -0.2) is 42.0 Å². The van der Waals surface area contributed by atoms with Crippen LogP contribution in [0.15, 0.2) is 46.9 Å². The molecular formula is C18H15BrClN3OS. The number of hydrogen-bond donors (Lipinski definition) is 0. The van der Waals surface area contributed by atoms with Crippen molar-refractivity contribution >= 4 is 60.1 Å². The minimum absolute atomic E-state index is 0.0598. The summed E-state index contributed by atoms with van der Waals surface area (Å²) in [6, 6.07) is 13.2. The first kappa shape index (κ1) is 16.8. The summed E-state index contributed by atoms with van der Waals surface area (Å²) in [7, 11) is 0. The van der Waals surface area contributed by atoms with Crippen LogP contribution in [0.5, 0.6) is 0 Å². The third kappa shape index (κ3) is 3.52. The highest BCUT2D eigenvalue weighted by atomic mass is 79.9. The van der Waals surface area contributed by atoms with Crippen molar-refractivity contribution in [3.8, 4) is 0 Å². The first-order chi connectivity index (χ1) is 12.1. The molecule has 0 unspecified atom stereocenters. The third-order valence-electron chi connectivity index (χ3n) is 4.27. The fraction of sp³-hybridized carbons (Fsp3) is 0.222. The van der Waals surface area contributed by atoms with Crippen LogP contribution in [-0.2, 0) is 0 Å². The number of piperazine rings is 1. The van der Waals surface area contributed by atoms with Gasteiger partial charge in [0.15, 0.2) is 5.13 Å². The SMILES string of the molecule is O=C(c1ccc(Cl)cc1)N1CCN(c2nc3ccc(Br)cc3s2)CC1. The minimum atomic E-state index is 0.0598. The second kappa shape index (κ2) is 6.94. The van der Waals surface area contributed by atoms with Crippen molar-refractivity contribution < 1.29 is 4.79 Å². The highest BCUT2D eigenvalue weighted by Crippen LogP contribution is 2.31. The van der Waals surface area contributed by atoms with Gasteiger partial charge in [0.25, 0.3) is 5.91 Å². The molecule has 1 aromatic heterocycles. The maximum Gasteiger partial charge on any atom is 0.253 e. The molecule has 7 heteroatoms. The Morgan fingerprint density at radius 3 is 2.52 bits per heavy atom. The number of benzene rings is 2. The van der Waals surface area contributed by atoms with Gasteiger partial charge in [-0.05, 0) is 42.5 Å². The summed E-state index contributed by atoms with van der Waals surface area (Å²) in [6.07, 6.45) is 0. The molecule has 1 aliphatic rings. The van der Waals surface area contributed by atoms with Crippen LogP contribution in [0, 0.1) is 0 Å². The largest absolute Gasteiger partial charge is 0.345 e. The van der Waals surface area contributed by atoms with Gasteiger partial charge in [-0.2, -0.15) is 0 Å². The number of carbonyl (C=O) groups is 1. The second-order valence-electron chi connectivity index (χ2n) is 5.89. The Labute approximate surface area is 163 Å². The molecule has 4 nitrogen and oxygen atoms in total. The Kier molecular flexibility index (Phi) is 4.67. The fourth-order valence-electron chi connectivity index (χ4n) is 2.90. The van der Waals surface area contributed by atoms with E-state index < -0.39 is 0 Å². The van der Waals surface area contributed by atoms with E-state index >= 15 is 0 Å². The summed E-state index contributed by atoms with van der Waals surface area (Å²) in [6.45, 7) is 2.98. The second-order valence-corrected chi connectivity index (χ2v) is 8.26. The molecule has 0 saturated carbocycles. The van der Waals surface area contributed by atoms with Gasteiger partial charge >= 0.3 is 0 Å². The monoisotopic (exact) mass is 435 g/mol. The van der Waals surface area contributed by atoms with Crippen molar-refractivity contribution in [3.05, 3.63) is 57.5 Å². The first-order valence-corrected chi connectivity index (χ1v) is 9.95. The van der Waals surface area contributed by atoms with Gasteiger partial charge in [0.2, 0.25) is 0 Å². The smallest absolute Gasteiger partial charge is 0.253 e. The van der Waals surface area contributed by atoms with Gasteiger partial charge in [0.05, 0.1) is 10.2 Å². The molecule has 0 N–H and O–H groups in total. The maximum absolute atomic E-state index is 12.6. The molecule has 0 atom stereocenters. The van der Waals surface area contributed by atoms with Crippen molar-refractivity contribution in [2.24, 2.45) is 0 Å².